The second-order valence-corrected chi connectivity index (χ2v) is 7.27. The van der Waals surface area contributed by atoms with E-state index in [4.69, 9.17) is 4.55 Å². The molecule has 0 atom stereocenters. The molecule has 0 spiro atoms. The predicted molar refractivity (Wildman–Crippen MR) is 71.8 cm³/mol. The van der Waals surface area contributed by atoms with Crippen LogP contribution in [0.3, 0.4) is 0 Å². The first-order chi connectivity index (χ1) is 9.24. The van der Waals surface area contributed by atoms with E-state index in [-0.39, 0.29) is 71.2 Å². The molecule has 0 unspecified atom stereocenters. The molecule has 0 saturated heterocycles. The van der Waals surface area contributed by atoms with Crippen LogP contribution in [0.2, 0.25) is 0 Å². The van der Waals surface area contributed by atoms with E-state index >= 15 is 0 Å². The van der Waals surface area contributed by atoms with Crippen molar-refractivity contribution >= 4 is 53.7 Å². The fourth-order valence-corrected chi connectivity index (χ4v) is 3.08. The van der Waals surface area contributed by atoms with Crippen molar-refractivity contribution in [1.82, 2.24) is 0 Å². The van der Waals surface area contributed by atoms with Gasteiger partial charge < -0.3 is 14.2 Å². The van der Waals surface area contributed by atoms with Crippen LogP contribution in [0, 0.1) is 0 Å². The van der Waals surface area contributed by atoms with Gasteiger partial charge in [-0.25, -0.2) is 16.8 Å². The molecule has 0 heterocycles. The molecule has 0 aliphatic rings. The molecule has 0 radical (unpaired) electrons. The molecule has 1 aromatic carbocycles. The van der Waals surface area contributed by atoms with Gasteiger partial charge in [0.15, 0.2) is 5.75 Å². The molecule has 23 heavy (non-hydrogen) atoms. The predicted octanol–water partition coefficient (Wildman–Crippen LogP) is -6.78. The number of aromatic hydroxyl groups is 1. The van der Waals surface area contributed by atoms with Crippen LogP contribution in [-0.2, 0) is 30.4 Å². The van der Waals surface area contributed by atoms with Crippen LogP contribution in [-0.4, -0.2) is 44.0 Å². The molecular weight excluding hydrogens is 438 g/mol. The third-order valence-corrected chi connectivity index (χ3v) is 4.38. The maximum atomic E-state index is 10.8. The molecular formula is C6H6Na2O10S5. The van der Waals surface area contributed by atoms with Gasteiger partial charge in [0.05, 0.1) is 9.79 Å². The number of phenolic OH excluding ortho intramolecular Hbond substituents is 1. The SMILES string of the molecule is O=S(=O)([O-])c1cc(S(=O)(=O)[O-])c(O)c(S(=O)(=O)O)c1.SS.[Na+].[Na+]. The summed E-state index contributed by atoms with van der Waals surface area (Å²) in [5.74, 6) is -1.68. The molecule has 17 heteroatoms. The van der Waals surface area contributed by atoms with Crippen molar-refractivity contribution in [2.75, 3.05) is 0 Å². The van der Waals surface area contributed by atoms with Crippen LogP contribution in [0.5, 0.6) is 5.75 Å². The van der Waals surface area contributed by atoms with Crippen molar-refractivity contribution in [2.45, 2.75) is 14.7 Å². The molecule has 0 fully saturated rings. The van der Waals surface area contributed by atoms with Crippen LogP contribution in [0.4, 0.5) is 0 Å². The number of hydrogen-bond acceptors (Lipinski definition) is 11. The van der Waals surface area contributed by atoms with E-state index in [9.17, 15) is 39.5 Å². The van der Waals surface area contributed by atoms with E-state index in [0.29, 0.717) is 0 Å². The minimum atomic E-state index is -5.48. The van der Waals surface area contributed by atoms with Gasteiger partial charge in [0.2, 0.25) is 0 Å². The average Bonchev–Trinajstić information content (AvgIpc) is 2.27. The number of hydrogen-bond donors (Lipinski definition) is 4. The topological polar surface area (TPSA) is 189 Å². The molecule has 122 valence electrons. The van der Waals surface area contributed by atoms with E-state index in [1.807, 2.05) is 0 Å². The summed E-state index contributed by atoms with van der Waals surface area (Å²) in [6.45, 7) is 0. The van der Waals surface area contributed by atoms with E-state index in [1.165, 1.54) is 0 Å². The fourth-order valence-electron chi connectivity index (χ4n) is 1.09. The van der Waals surface area contributed by atoms with Gasteiger partial charge in [0.1, 0.15) is 25.1 Å². The first-order valence-electron chi connectivity index (χ1n) is 4.21. The summed E-state index contributed by atoms with van der Waals surface area (Å²) in [6, 6.07) is 0.0242. The third kappa shape index (κ3) is 8.59. The van der Waals surface area contributed by atoms with Crippen LogP contribution in [0.15, 0.2) is 26.8 Å². The van der Waals surface area contributed by atoms with Gasteiger partial charge in [0.25, 0.3) is 10.1 Å². The zero-order valence-corrected chi connectivity index (χ0v) is 19.7. The van der Waals surface area contributed by atoms with E-state index in [0.717, 1.165) is 0 Å². The van der Waals surface area contributed by atoms with Crippen LogP contribution in [0.1, 0.15) is 0 Å². The standard InChI is InChI=1S/C6H6O10S3.2Na.H2S2/c7-6-4(18(11,12)13)1-3(17(8,9)10)2-5(6)19(14,15)16;;;1-2/h1-2,7H,(H,8,9,10)(H,11,12,13)(H,14,15,16);;;1-2H/q;2*+1;/p-2. The maximum Gasteiger partial charge on any atom is 1.00 e. The summed E-state index contributed by atoms with van der Waals surface area (Å²) in [4.78, 5) is -4.65. The first kappa shape index (κ1) is 29.2. The van der Waals surface area contributed by atoms with Gasteiger partial charge in [-0.15, -0.1) is 23.3 Å². The monoisotopic (exact) mass is 444 g/mol. The van der Waals surface area contributed by atoms with Gasteiger partial charge >= 0.3 is 59.1 Å². The molecule has 0 bridgehead atoms. The molecule has 0 amide bonds. The quantitative estimate of drug-likeness (QED) is 0.151. The van der Waals surface area contributed by atoms with Gasteiger partial charge in [-0.05, 0) is 12.1 Å². The Morgan fingerprint density at radius 1 is 0.826 bits per heavy atom. The Kier molecular flexibility index (Phi) is 13.4. The van der Waals surface area contributed by atoms with Crippen molar-refractivity contribution in [3.63, 3.8) is 0 Å². The second kappa shape index (κ2) is 10.6. The van der Waals surface area contributed by atoms with Crippen molar-refractivity contribution < 1.29 is 103 Å². The van der Waals surface area contributed by atoms with Gasteiger partial charge in [-0.1, -0.05) is 0 Å². The van der Waals surface area contributed by atoms with E-state index in [2.05, 4.69) is 23.3 Å². The Bertz CT molecular complexity index is 791. The molecule has 0 saturated carbocycles. The Morgan fingerprint density at radius 2 is 1.17 bits per heavy atom. The Labute approximate surface area is 187 Å². The van der Waals surface area contributed by atoms with Crippen LogP contribution in [0.25, 0.3) is 0 Å². The van der Waals surface area contributed by atoms with Crippen molar-refractivity contribution in [3.8, 4) is 5.75 Å². The molecule has 0 aliphatic carbocycles. The van der Waals surface area contributed by atoms with Crippen molar-refractivity contribution in [3.05, 3.63) is 12.1 Å². The van der Waals surface area contributed by atoms with E-state index < -0.39 is 50.8 Å². The number of benzene rings is 1. The van der Waals surface area contributed by atoms with Crippen molar-refractivity contribution in [2.24, 2.45) is 0 Å². The van der Waals surface area contributed by atoms with Gasteiger partial charge in [0, 0.05) is 0 Å². The van der Waals surface area contributed by atoms with Gasteiger partial charge in [-0.3, -0.25) is 4.55 Å². The maximum absolute atomic E-state index is 10.8. The zero-order valence-electron chi connectivity index (χ0n) is 11.4. The molecule has 0 aromatic heterocycles. The van der Waals surface area contributed by atoms with Gasteiger partial charge in [-0.2, -0.15) is 8.42 Å². The smallest absolute Gasteiger partial charge is 0.744 e. The number of thiol groups is 2. The summed E-state index contributed by atoms with van der Waals surface area (Å²) in [7, 11) is -16.1. The summed E-state index contributed by atoms with van der Waals surface area (Å²) < 4.78 is 94.5. The number of rotatable bonds is 3. The Morgan fingerprint density at radius 3 is 1.43 bits per heavy atom. The molecule has 2 N–H and O–H groups in total. The fraction of sp³-hybridized carbons (Fsp3) is 0. The molecule has 10 nitrogen and oxygen atoms in total. The minimum Gasteiger partial charge on any atom is -0.744 e. The second-order valence-electron chi connectivity index (χ2n) is 3.15. The van der Waals surface area contributed by atoms with Crippen LogP contribution >= 0.6 is 23.3 Å². The van der Waals surface area contributed by atoms with Crippen molar-refractivity contribution in [1.29, 1.82) is 0 Å². The van der Waals surface area contributed by atoms with Crippen LogP contribution < -0.4 is 59.1 Å². The molecule has 0 aliphatic heterocycles. The molecule has 1 aromatic rings. The number of phenols is 1. The van der Waals surface area contributed by atoms with E-state index in [1.54, 1.807) is 0 Å². The normalized spacial score (nSPS) is 11.3. The minimum absolute atomic E-state index is 0. The summed E-state index contributed by atoms with van der Waals surface area (Å²) in [5, 5.41) is 9.24. The zero-order chi connectivity index (χ0) is 17.2. The Balaban J connectivity index is -0.000000960. The summed E-state index contributed by atoms with van der Waals surface area (Å²) in [6.07, 6.45) is 0. The Hall–Kier alpha value is 1.45. The first-order valence-corrected chi connectivity index (χ1v) is 10.1. The third-order valence-electron chi connectivity index (χ3n) is 1.85. The summed E-state index contributed by atoms with van der Waals surface area (Å²) in [5.41, 5.74) is 0. The average molecular weight is 444 g/mol. The summed E-state index contributed by atoms with van der Waals surface area (Å²) >= 11 is 6.44. The largest absolute Gasteiger partial charge is 1.00 e. The molecule has 1 rings (SSSR count).